The average molecular weight is 178 g/mol. The van der Waals surface area contributed by atoms with Crippen LogP contribution in [0.1, 0.15) is 17.7 Å². The summed E-state index contributed by atoms with van der Waals surface area (Å²) in [4.78, 5) is 4.28. The van der Waals surface area contributed by atoms with Crippen LogP contribution in [0, 0.1) is 5.92 Å². The molecule has 0 aliphatic heterocycles. The third-order valence-electron chi connectivity index (χ3n) is 2.65. The van der Waals surface area contributed by atoms with Gasteiger partial charge in [0.05, 0.1) is 0 Å². The van der Waals surface area contributed by atoms with Gasteiger partial charge in [-0.3, -0.25) is 0 Å². The highest BCUT2D eigenvalue weighted by atomic mass is 16.3. The smallest absolute Gasteiger partial charge is 0.123 e. The molecule has 0 aromatic carbocycles. The number of aliphatic hydroxyl groups is 1. The van der Waals surface area contributed by atoms with E-state index in [1.54, 1.807) is 0 Å². The fourth-order valence-corrected chi connectivity index (χ4v) is 1.86. The van der Waals surface area contributed by atoms with E-state index >= 15 is 0 Å². The lowest BCUT2D eigenvalue weighted by atomic mass is 9.87. The minimum Gasteiger partial charge on any atom is -0.396 e. The van der Waals surface area contributed by atoms with Crippen LogP contribution in [0.5, 0.6) is 0 Å². The summed E-state index contributed by atoms with van der Waals surface area (Å²) in [6.07, 6.45) is 2.92. The van der Waals surface area contributed by atoms with E-state index in [9.17, 15) is 0 Å². The van der Waals surface area contributed by atoms with Crippen molar-refractivity contribution in [3.63, 3.8) is 0 Å². The molecular formula is C10H14N2O. The summed E-state index contributed by atoms with van der Waals surface area (Å²) in [6, 6.07) is 3.86. The van der Waals surface area contributed by atoms with Crippen molar-refractivity contribution in [3.8, 4) is 0 Å². The fraction of sp³-hybridized carbons (Fsp3) is 0.500. The molecule has 1 aliphatic rings. The molecule has 3 nitrogen and oxygen atoms in total. The molecule has 1 aliphatic carbocycles. The normalized spacial score (nSPS) is 21.2. The Morgan fingerprint density at radius 2 is 2.38 bits per heavy atom. The molecular weight excluding hydrogens is 164 g/mol. The number of nitrogens with zero attached hydrogens (tertiary/aromatic N) is 1. The zero-order chi connectivity index (χ0) is 9.26. The zero-order valence-corrected chi connectivity index (χ0v) is 7.53. The van der Waals surface area contributed by atoms with Gasteiger partial charge in [-0.1, -0.05) is 6.07 Å². The second kappa shape index (κ2) is 3.34. The Bertz CT molecular complexity index is 312. The van der Waals surface area contributed by atoms with Crippen molar-refractivity contribution in [2.24, 2.45) is 5.92 Å². The maximum Gasteiger partial charge on any atom is 0.123 e. The van der Waals surface area contributed by atoms with Crippen LogP contribution in [0.25, 0.3) is 0 Å². The van der Waals surface area contributed by atoms with Crippen molar-refractivity contribution in [2.45, 2.75) is 19.3 Å². The van der Waals surface area contributed by atoms with Gasteiger partial charge in [0, 0.05) is 12.3 Å². The lowest BCUT2D eigenvalue weighted by molar-refractivity contribution is 0.212. The van der Waals surface area contributed by atoms with Crippen molar-refractivity contribution >= 4 is 5.82 Å². The summed E-state index contributed by atoms with van der Waals surface area (Å²) in [6.45, 7) is 0.282. The Morgan fingerprint density at radius 1 is 1.54 bits per heavy atom. The van der Waals surface area contributed by atoms with E-state index in [0.29, 0.717) is 11.7 Å². The summed E-state index contributed by atoms with van der Waals surface area (Å²) in [5.41, 5.74) is 7.95. The monoisotopic (exact) mass is 178 g/mol. The fourth-order valence-electron chi connectivity index (χ4n) is 1.86. The molecule has 1 atom stereocenters. The van der Waals surface area contributed by atoms with Crippen LogP contribution in [-0.2, 0) is 12.8 Å². The van der Waals surface area contributed by atoms with Gasteiger partial charge in [-0.2, -0.15) is 0 Å². The van der Waals surface area contributed by atoms with E-state index in [2.05, 4.69) is 4.98 Å². The predicted octanol–water partition coefficient (Wildman–Crippen LogP) is 0.761. The summed E-state index contributed by atoms with van der Waals surface area (Å²) in [5, 5.41) is 9.03. The van der Waals surface area contributed by atoms with E-state index in [1.165, 1.54) is 5.56 Å². The molecule has 0 bridgehead atoms. The molecule has 0 spiro atoms. The SMILES string of the molecule is Nc1ccc2c(n1)CCC(CO)C2. The molecule has 0 saturated heterocycles. The Balaban J connectivity index is 2.26. The largest absolute Gasteiger partial charge is 0.396 e. The predicted molar refractivity (Wildman–Crippen MR) is 51.3 cm³/mol. The highest BCUT2D eigenvalue weighted by molar-refractivity contribution is 5.35. The van der Waals surface area contributed by atoms with E-state index in [0.717, 1.165) is 25.0 Å². The number of rotatable bonds is 1. The van der Waals surface area contributed by atoms with Crippen LogP contribution in [0.15, 0.2) is 12.1 Å². The molecule has 2 rings (SSSR count). The number of aromatic nitrogens is 1. The van der Waals surface area contributed by atoms with Crippen molar-refractivity contribution < 1.29 is 5.11 Å². The van der Waals surface area contributed by atoms with Gasteiger partial charge in [-0.25, -0.2) is 4.98 Å². The van der Waals surface area contributed by atoms with Gasteiger partial charge in [-0.05, 0) is 36.8 Å². The van der Waals surface area contributed by atoms with E-state index < -0.39 is 0 Å². The van der Waals surface area contributed by atoms with Gasteiger partial charge in [-0.15, -0.1) is 0 Å². The van der Waals surface area contributed by atoms with Crippen molar-refractivity contribution in [1.82, 2.24) is 4.98 Å². The molecule has 70 valence electrons. The summed E-state index contributed by atoms with van der Waals surface area (Å²) in [7, 11) is 0. The number of pyridine rings is 1. The Kier molecular flexibility index (Phi) is 2.19. The average Bonchev–Trinajstić information content (AvgIpc) is 2.17. The molecule has 3 N–H and O–H groups in total. The van der Waals surface area contributed by atoms with Gasteiger partial charge in [0.25, 0.3) is 0 Å². The van der Waals surface area contributed by atoms with Crippen LogP contribution in [-0.4, -0.2) is 16.7 Å². The third-order valence-corrected chi connectivity index (χ3v) is 2.65. The Labute approximate surface area is 77.6 Å². The first-order valence-electron chi connectivity index (χ1n) is 4.64. The van der Waals surface area contributed by atoms with Crippen LogP contribution >= 0.6 is 0 Å². The quantitative estimate of drug-likeness (QED) is 0.667. The van der Waals surface area contributed by atoms with Gasteiger partial charge in [0.2, 0.25) is 0 Å². The first-order chi connectivity index (χ1) is 6.29. The lowest BCUT2D eigenvalue weighted by Gasteiger charge is -2.21. The standard InChI is InChI=1S/C10H14N2O/c11-10-4-2-8-5-7(6-13)1-3-9(8)12-10/h2,4,7,13H,1,3,5-6H2,(H2,11,12). The number of anilines is 1. The molecule has 0 fully saturated rings. The number of aryl methyl sites for hydroxylation is 1. The van der Waals surface area contributed by atoms with Gasteiger partial charge < -0.3 is 10.8 Å². The minimum atomic E-state index is 0.282. The minimum absolute atomic E-state index is 0.282. The second-order valence-corrected chi connectivity index (χ2v) is 3.63. The number of hydrogen-bond acceptors (Lipinski definition) is 3. The number of hydrogen-bond donors (Lipinski definition) is 2. The Morgan fingerprint density at radius 3 is 3.15 bits per heavy atom. The van der Waals surface area contributed by atoms with Crippen molar-refractivity contribution in [1.29, 1.82) is 0 Å². The van der Waals surface area contributed by atoms with Crippen molar-refractivity contribution in [2.75, 3.05) is 12.3 Å². The number of nitrogens with two attached hydrogens (primary N) is 1. The topological polar surface area (TPSA) is 59.1 Å². The van der Waals surface area contributed by atoms with Crippen LogP contribution in [0.3, 0.4) is 0 Å². The highest BCUT2D eigenvalue weighted by Crippen LogP contribution is 2.24. The molecule has 0 amide bonds. The van der Waals surface area contributed by atoms with Gasteiger partial charge >= 0.3 is 0 Å². The number of aliphatic hydroxyl groups excluding tert-OH is 1. The zero-order valence-electron chi connectivity index (χ0n) is 7.53. The molecule has 1 heterocycles. The lowest BCUT2D eigenvalue weighted by Crippen LogP contribution is -2.18. The van der Waals surface area contributed by atoms with Crippen LogP contribution < -0.4 is 5.73 Å². The molecule has 1 aromatic rings. The summed E-state index contributed by atoms with van der Waals surface area (Å²) < 4.78 is 0. The molecule has 1 unspecified atom stereocenters. The molecule has 0 radical (unpaired) electrons. The van der Waals surface area contributed by atoms with Crippen LogP contribution in [0.2, 0.25) is 0 Å². The van der Waals surface area contributed by atoms with E-state index in [1.807, 2.05) is 12.1 Å². The molecule has 0 saturated carbocycles. The number of fused-ring (bicyclic) bond motifs is 1. The first kappa shape index (κ1) is 8.51. The van der Waals surface area contributed by atoms with Crippen molar-refractivity contribution in [3.05, 3.63) is 23.4 Å². The van der Waals surface area contributed by atoms with E-state index in [-0.39, 0.29) is 6.61 Å². The number of nitrogen functional groups attached to an aromatic ring is 1. The van der Waals surface area contributed by atoms with Gasteiger partial charge in [0.15, 0.2) is 0 Å². The second-order valence-electron chi connectivity index (χ2n) is 3.63. The highest BCUT2D eigenvalue weighted by Gasteiger charge is 2.18. The Hall–Kier alpha value is -1.09. The van der Waals surface area contributed by atoms with E-state index in [4.69, 9.17) is 10.8 Å². The maximum atomic E-state index is 9.03. The molecule has 1 aromatic heterocycles. The molecule has 13 heavy (non-hydrogen) atoms. The maximum absolute atomic E-state index is 9.03. The molecule has 3 heteroatoms. The third kappa shape index (κ3) is 1.65. The van der Waals surface area contributed by atoms with Crippen LogP contribution in [0.4, 0.5) is 5.82 Å². The summed E-state index contributed by atoms with van der Waals surface area (Å²) in [5.74, 6) is 1.01. The summed E-state index contributed by atoms with van der Waals surface area (Å²) >= 11 is 0. The first-order valence-corrected chi connectivity index (χ1v) is 4.64. The van der Waals surface area contributed by atoms with Gasteiger partial charge in [0.1, 0.15) is 5.82 Å².